The van der Waals surface area contributed by atoms with Gasteiger partial charge in [-0.15, -0.1) is 0 Å². The lowest BCUT2D eigenvalue weighted by atomic mass is 10.0. The normalized spacial score (nSPS) is 12.7. The highest BCUT2D eigenvalue weighted by atomic mass is 16.5. The Bertz CT molecular complexity index is 1440. The van der Waals surface area contributed by atoms with Crippen LogP contribution in [0.4, 0.5) is 0 Å². The number of hydrogen-bond acceptors (Lipinski definition) is 5. The van der Waals surface area contributed by atoms with Gasteiger partial charge in [0.1, 0.15) is 0 Å². The van der Waals surface area contributed by atoms with Crippen LogP contribution in [0.3, 0.4) is 0 Å². The molecule has 0 fully saturated rings. The monoisotopic (exact) mass is 1210 g/mol. The molecule has 2 atom stereocenters. The van der Waals surface area contributed by atoms with Crippen molar-refractivity contribution in [2.75, 3.05) is 13.2 Å². The molecule has 0 aromatic heterocycles. The van der Waals surface area contributed by atoms with Gasteiger partial charge in [-0.1, -0.05) is 371 Å². The summed E-state index contributed by atoms with van der Waals surface area (Å²) in [5, 5.41) is 23.1. The Morgan fingerprint density at radius 3 is 0.919 bits per heavy atom. The molecule has 0 aliphatic rings. The van der Waals surface area contributed by atoms with Crippen molar-refractivity contribution in [1.82, 2.24) is 5.32 Å². The Kier molecular flexibility index (Phi) is 73.4. The Balaban J connectivity index is 3.32. The molecule has 0 rings (SSSR count). The van der Waals surface area contributed by atoms with Crippen LogP contribution in [0.2, 0.25) is 0 Å². The van der Waals surface area contributed by atoms with Crippen molar-refractivity contribution in [1.29, 1.82) is 0 Å². The number of ether oxygens (including phenoxy) is 1. The summed E-state index contributed by atoms with van der Waals surface area (Å²) in [6, 6.07) is -0.624. The fraction of sp³-hybridized carbons (Fsp3) is 0.875. The van der Waals surface area contributed by atoms with E-state index in [1.807, 2.05) is 6.08 Å². The van der Waals surface area contributed by atoms with Gasteiger partial charge in [0, 0.05) is 12.8 Å². The first-order chi connectivity index (χ1) is 42.5. The second-order valence-electron chi connectivity index (χ2n) is 26.7. The maximum atomic E-state index is 12.5. The van der Waals surface area contributed by atoms with E-state index in [0.717, 1.165) is 51.4 Å². The van der Waals surface area contributed by atoms with Crippen molar-refractivity contribution in [2.45, 2.75) is 437 Å². The number of carbonyl (C=O) groups is 2. The lowest BCUT2D eigenvalue weighted by molar-refractivity contribution is -0.143. The van der Waals surface area contributed by atoms with Crippen molar-refractivity contribution in [3.8, 4) is 0 Å². The van der Waals surface area contributed by atoms with E-state index >= 15 is 0 Å². The number of esters is 1. The summed E-state index contributed by atoms with van der Waals surface area (Å²) in [7, 11) is 0. The Morgan fingerprint density at radius 1 is 0.326 bits per heavy atom. The minimum Gasteiger partial charge on any atom is -0.466 e. The van der Waals surface area contributed by atoms with E-state index in [9.17, 15) is 19.8 Å². The van der Waals surface area contributed by atoms with Gasteiger partial charge in [0.05, 0.1) is 25.4 Å². The van der Waals surface area contributed by atoms with E-state index < -0.39 is 12.1 Å². The third-order valence-corrected chi connectivity index (χ3v) is 18.1. The zero-order chi connectivity index (χ0) is 62.0. The number of allylic oxidation sites excluding steroid dienone is 7. The average molecular weight is 1210 g/mol. The van der Waals surface area contributed by atoms with Crippen LogP contribution in [0.25, 0.3) is 0 Å². The molecule has 0 heterocycles. The van der Waals surface area contributed by atoms with Gasteiger partial charge in [-0.05, 0) is 89.9 Å². The van der Waals surface area contributed by atoms with Crippen LogP contribution in [0.15, 0.2) is 48.6 Å². The number of nitrogens with one attached hydrogen (secondary N) is 1. The molecule has 0 saturated heterocycles. The number of amides is 1. The molecule has 506 valence electrons. The summed E-state index contributed by atoms with van der Waals surface area (Å²) >= 11 is 0. The first-order valence-electron chi connectivity index (χ1n) is 38.9. The van der Waals surface area contributed by atoms with Gasteiger partial charge in [-0.2, -0.15) is 0 Å². The molecule has 0 aromatic carbocycles. The van der Waals surface area contributed by atoms with Crippen molar-refractivity contribution in [3.63, 3.8) is 0 Å². The van der Waals surface area contributed by atoms with Crippen LogP contribution in [0, 0.1) is 0 Å². The first-order valence-corrected chi connectivity index (χ1v) is 38.9. The molecule has 0 radical (unpaired) electrons. The van der Waals surface area contributed by atoms with E-state index in [-0.39, 0.29) is 18.5 Å². The number of rotatable bonds is 73. The van der Waals surface area contributed by atoms with Crippen LogP contribution in [-0.4, -0.2) is 47.4 Å². The quantitative estimate of drug-likeness (QED) is 0.0320. The number of aliphatic hydroxyl groups is 2. The fourth-order valence-corrected chi connectivity index (χ4v) is 12.1. The standard InChI is InChI=1S/C80H151NO5/c1-3-5-7-9-11-13-15-17-18-42-46-50-54-58-62-66-70-74-80(85)86-75-71-67-63-59-55-51-47-44-41-39-37-35-33-31-29-27-25-23-21-19-20-22-24-26-28-30-32-34-36-38-40-43-45-49-53-57-61-65-69-73-79(84)81-77(76-82)78(83)72-68-64-60-56-52-48-16-14-12-10-8-6-4-2/h11,13,17-20,68,72,77-78,82-83H,3-10,12,14-16,21-67,69-71,73-76H2,1-2H3,(H,81,84)/b13-11-,18-17-,20-19-,72-68+. The molecule has 0 bridgehead atoms. The predicted molar refractivity (Wildman–Crippen MR) is 379 cm³/mol. The smallest absolute Gasteiger partial charge is 0.305 e. The highest BCUT2D eigenvalue weighted by molar-refractivity contribution is 5.76. The SMILES string of the molecule is CCCCC/C=C\C/C=C\CCCCCCCCCC(=O)OCCCCCCCCCCCCCCCCCCCC/C=C\CCCCCCCCCCCCCCCCCCCC(=O)NC(CO)C(O)/C=C/CCCCCCCCCCCCC. The van der Waals surface area contributed by atoms with Crippen molar-refractivity contribution in [2.24, 2.45) is 0 Å². The average Bonchev–Trinajstić information content (AvgIpc) is 3.54. The van der Waals surface area contributed by atoms with E-state index in [2.05, 4.69) is 55.6 Å². The summed E-state index contributed by atoms with van der Waals surface area (Å²) < 4.78 is 5.51. The molecular weight excluding hydrogens is 1050 g/mol. The zero-order valence-corrected chi connectivity index (χ0v) is 58.1. The molecule has 86 heavy (non-hydrogen) atoms. The highest BCUT2D eigenvalue weighted by Crippen LogP contribution is 2.19. The molecule has 0 aromatic rings. The minimum absolute atomic E-state index is 0.0148. The molecule has 0 aliphatic heterocycles. The maximum absolute atomic E-state index is 12.5. The molecule has 2 unspecified atom stereocenters. The van der Waals surface area contributed by atoms with Gasteiger partial charge in [0.15, 0.2) is 0 Å². The van der Waals surface area contributed by atoms with Crippen LogP contribution in [-0.2, 0) is 14.3 Å². The Hall–Kier alpha value is -2.18. The molecule has 0 spiro atoms. The van der Waals surface area contributed by atoms with Crippen LogP contribution >= 0.6 is 0 Å². The van der Waals surface area contributed by atoms with Crippen LogP contribution < -0.4 is 5.32 Å². The second kappa shape index (κ2) is 75.3. The third kappa shape index (κ3) is 70.9. The van der Waals surface area contributed by atoms with Gasteiger partial charge in [0.25, 0.3) is 0 Å². The summed E-state index contributed by atoms with van der Waals surface area (Å²) in [5.41, 5.74) is 0. The number of carbonyl (C=O) groups excluding carboxylic acids is 2. The van der Waals surface area contributed by atoms with Gasteiger partial charge >= 0.3 is 5.97 Å². The van der Waals surface area contributed by atoms with Crippen LogP contribution in [0.5, 0.6) is 0 Å². The lowest BCUT2D eigenvalue weighted by Crippen LogP contribution is -2.45. The van der Waals surface area contributed by atoms with Gasteiger partial charge in [-0.25, -0.2) is 0 Å². The number of unbranched alkanes of at least 4 members (excludes halogenated alkanes) is 56. The topological polar surface area (TPSA) is 95.9 Å². The summed E-state index contributed by atoms with van der Waals surface area (Å²) in [5.74, 6) is -0.0474. The maximum Gasteiger partial charge on any atom is 0.305 e. The van der Waals surface area contributed by atoms with E-state index in [1.54, 1.807) is 6.08 Å². The molecular formula is C80H151NO5. The lowest BCUT2D eigenvalue weighted by Gasteiger charge is -2.20. The van der Waals surface area contributed by atoms with E-state index in [1.165, 1.54) is 347 Å². The molecule has 3 N–H and O–H groups in total. The number of hydrogen-bond donors (Lipinski definition) is 3. The third-order valence-electron chi connectivity index (χ3n) is 18.1. The minimum atomic E-state index is -0.841. The Morgan fingerprint density at radius 2 is 0.581 bits per heavy atom. The first kappa shape index (κ1) is 83.8. The summed E-state index contributed by atoms with van der Waals surface area (Å²) in [6.45, 7) is 4.90. The molecule has 0 aliphatic carbocycles. The van der Waals surface area contributed by atoms with Gasteiger partial charge < -0.3 is 20.3 Å². The van der Waals surface area contributed by atoms with Gasteiger partial charge in [-0.3, -0.25) is 9.59 Å². The van der Waals surface area contributed by atoms with E-state index in [0.29, 0.717) is 19.4 Å². The van der Waals surface area contributed by atoms with Crippen molar-refractivity contribution < 1.29 is 24.5 Å². The summed E-state index contributed by atoms with van der Waals surface area (Å²) in [4.78, 5) is 24.6. The molecule has 6 nitrogen and oxygen atoms in total. The second-order valence-corrected chi connectivity index (χ2v) is 26.7. The van der Waals surface area contributed by atoms with Crippen molar-refractivity contribution in [3.05, 3.63) is 48.6 Å². The molecule has 6 heteroatoms. The predicted octanol–water partition coefficient (Wildman–Crippen LogP) is 25.6. The van der Waals surface area contributed by atoms with E-state index in [4.69, 9.17) is 4.74 Å². The Labute approximate surface area is 537 Å². The van der Waals surface area contributed by atoms with Crippen LogP contribution in [0.1, 0.15) is 425 Å². The van der Waals surface area contributed by atoms with Crippen molar-refractivity contribution >= 4 is 11.9 Å². The largest absolute Gasteiger partial charge is 0.466 e. The molecule has 1 amide bonds. The zero-order valence-electron chi connectivity index (χ0n) is 58.1. The summed E-state index contributed by atoms with van der Waals surface area (Å²) in [6.07, 6.45) is 99.5. The highest BCUT2D eigenvalue weighted by Gasteiger charge is 2.18. The fourth-order valence-electron chi connectivity index (χ4n) is 12.1. The number of aliphatic hydroxyl groups excluding tert-OH is 2. The van der Waals surface area contributed by atoms with Gasteiger partial charge in [0.2, 0.25) is 5.91 Å². The molecule has 0 saturated carbocycles.